The summed E-state index contributed by atoms with van der Waals surface area (Å²) >= 11 is 0. The number of hydrogen-bond donors (Lipinski definition) is 0. The van der Waals surface area contributed by atoms with Gasteiger partial charge in [0.1, 0.15) is 0 Å². The summed E-state index contributed by atoms with van der Waals surface area (Å²) in [6, 6.07) is 8.54. The maximum atomic E-state index is 4.78. The first-order chi connectivity index (χ1) is 8.47. The zero-order valence-electron chi connectivity index (χ0n) is 11.7. The zero-order valence-corrected chi connectivity index (χ0v) is 11.7. The average Bonchev–Trinajstić information content (AvgIpc) is 2.80. The largest absolute Gasteiger partial charge is 0.284 e. The molecule has 0 radical (unpaired) electrons. The van der Waals surface area contributed by atoms with Crippen molar-refractivity contribution >= 4 is 11.3 Å². The van der Waals surface area contributed by atoms with Gasteiger partial charge in [0.05, 0.1) is 5.54 Å². The lowest BCUT2D eigenvalue weighted by Gasteiger charge is -2.16. The monoisotopic (exact) mass is 239 g/mol. The van der Waals surface area contributed by atoms with E-state index in [0.717, 1.165) is 12.1 Å². The number of benzene rings is 1. The summed E-state index contributed by atoms with van der Waals surface area (Å²) < 4.78 is 0. The third kappa shape index (κ3) is 2.98. The Labute approximate surface area is 110 Å². The van der Waals surface area contributed by atoms with E-state index >= 15 is 0 Å². The molecule has 1 aliphatic carbocycles. The van der Waals surface area contributed by atoms with Crippen molar-refractivity contribution in [3.63, 3.8) is 0 Å². The molecule has 1 heteroatoms. The molecular formula is C17H21N. The quantitative estimate of drug-likeness (QED) is 0.667. The fraction of sp³-hybridized carbons (Fsp3) is 0.353. The normalized spacial score (nSPS) is 16.0. The molecule has 1 aromatic rings. The maximum Gasteiger partial charge on any atom is 0.0527 e. The van der Waals surface area contributed by atoms with Crippen LogP contribution in [0.5, 0.6) is 0 Å². The molecule has 0 bridgehead atoms. The van der Waals surface area contributed by atoms with Crippen LogP contribution in [0, 0.1) is 0 Å². The van der Waals surface area contributed by atoms with Gasteiger partial charge in [0.2, 0.25) is 0 Å². The van der Waals surface area contributed by atoms with E-state index in [9.17, 15) is 0 Å². The number of hydrogen-bond acceptors (Lipinski definition) is 1. The summed E-state index contributed by atoms with van der Waals surface area (Å²) in [6.45, 7) is 8.51. The van der Waals surface area contributed by atoms with Gasteiger partial charge in [-0.2, -0.15) is 0 Å². The minimum absolute atomic E-state index is 0.0283. The van der Waals surface area contributed by atoms with Crippen molar-refractivity contribution in [2.45, 2.75) is 39.7 Å². The van der Waals surface area contributed by atoms with Crippen molar-refractivity contribution in [1.29, 1.82) is 0 Å². The molecular weight excluding hydrogens is 218 g/mol. The number of aliphatic imine (C=N–C) groups is 1. The van der Waals surface area contributed by atoms with Crippen LogP contribution in [0.25, 0.3) is 5.57 Å². The SMILES string of the molecule is C/C(=N\C(C)(C)C)c1ccccc1C1=CC=CC1. The molecule has 1 aliphatic rings. The minimum atomic E-state index is -0.0283. The van der Waals surface area contributed by atoms with Crippen molar-refractivity contribution in [2.24, 2.45) is 4.99 Å². The van der Waals surface area contributed by atoms with Crippen LogP contribution in [0.15, 0.2) is 47.5 Å². The summed E-state index contributed by atoms with van der Waals surface area (Å²) in [5, 5.41) is 0. The van der Waals surface area contributed by atoms with Gasteiger partial charge in [0.15, 0.2) is 0 Å². The van der Waals surface area contributed by atoms with E-state index in [2.05, 4.69) is 70.2 Å². The lowest BCUT2D eigenvalue weighted by molar-refractivity contribution is 0.584. The van der Waals surface area contributed by atoms with Gasteiger partial charge in [-0.3, -0.25) is 4.99 Å². The van der Waals surface area contributed by atoms with Crippen LogP contribution < -0.4 is 0 Å². The Hall–Kier alpha value is -1.63. The Morgan fingerprint density at radius 1 is 1.17 bits per heavy atom. The van der Waals surface area contributed by atoms with Gasteiger partial charge in [-0.25, -0.2) is 0 Å². The highest BCUT2D eigenvalue weighted by atomic mass is 14.8. The highest BCUT2D eigenvalue weighted by Gasteiger charge is 2.13. The van der Waals surface area contributed by atoms with E-state index in [4.69, 9.17) is 4.99 Å². The second kappa shape index (κ2) is 4.93. The van der Waals surface area contributed by atoms with Crippen molar-refractivity contribution in [3.8, 4) is 0 Å². The smallest absolute Gasteiger partial charge is 0.0527 e. The molecule has 0 saturated carbocycles. The van der Waals surface area contributed by atoms with Crippen molar-refractivity contribution < 1.29 is 0 Å². The predicted octanol–water partition coefficient (Wildman–Crippen LogP) is 4.64. The summed E-state index contributed by atoms with van der Waals surface area (Å²) in [4.78, 5) is 4.78. The minimum Gasteiger partial charge on any atom is -0.284 e. The van der Waals surface area contributed by atoms with E-state index in [-0.39, 0.29) is 5.54 Å². The second-order valence-electron chi connectivity index (χ2n) is 5.74. The second-order valence-corrected chi connectivity index (χ2v) is 5.74. The van der Waals surface area contributed by atoms with E-state index in [1.807, 2.05) is 0 Å². The third-order valence-corrected chi connectivity index (χ3v) is 2.94. The van der Waals surface area contributed by atoms with E-state index in [1.54, 1.807) is 0 Å². The molecule has 0 saturated heterocycles. The molecule has 0 spiro atoms. The van der Waals surface area contributed by atoms with Crippen molar-refractivity contribution in [2.75, 3.05) is 0 Å². The van der Waals surface area contributed by atoms with Crippen molar-refractivity contribution in [1.82, 2.24) is 0 Å². The van der Waals surface area contributed by atoms with Gasteiger partial charge >= 0.3 is 0 Å². The van der Waals surface area contributed by atoms with Crippen LogP contribution in [0.1, 0.15) is 45.2 Å². The molecule has 1 aromatic carbocycles. The average molecular weight is 239 g/mol. The van der Waals surface area contributed by atoms with Crippen LogP contribution in [0.4, 0.5) is 0 Å². The van der Waals surface area contributed by atoms with Gasteiger partial charge in [-0.05, 0) is 45.3 Å². The Morgan fingerprint density at radius 3 is 2.50 bits per heavy atom. The van der Waals surface area contributed by atoms with Crippen molar-refractivity contribution in [3.05, 3.63) is 53.6 Å². The van der Waals surface area contributed by atoms with Gasteiger partial charge in [0, 0.05) is 11.3 Å². The maximum absolute atomic E-state index is 4.78. The van der Waals surface area contributed by atoms with Crippen LogP contribution in [-0.2, 0) is 0 Å². The number of allylic oxidation sites excluding steroid dienone is 4. The van der Waals surface area contributed by atoms with Crippen LogP contribution in [0.2, 0.25) is 0 Å². The molecule has 18 heavy (non-hydrogen) atoms. The first-order valence-electron chi connectivity index (χ1n) is 6.49. The third-order valence-electron chi connectivity index (χ3n) is 2.94. The van der Waals surface area contributed by atoms with Gasteiger partial charge in [0.25, 0.3) is 0 Å². The topological polar surface area (TPSA) is 12.4 Å². The van der Waals surface area contributed by atoms with E-state index in [0.29, 0.717) is 0 Å². The van der Waals surface area contributed by atoms with Crippen LogP contribution in [0.3, 0.4) is 0 Å². The highest BCUT2D eigenvalue weighted by molar-refractivity contribution is 6.03. The number of rotatable bonds is 2. The first kappa shape index (κ1) is 12.8. The molecule has 0 N–H and O–H groups in total. The molecule has 1 nitrogen and oxygen atoms in total. The van der Waals surface area contributed by atoms with Crippen LogP contribution >= 0.6 is 0 Å². The molecule has 0 fully saturated rings. The summed E-state index contributed by atoms with van der Waals surface area (Å²) in [5.74, 6) is 0. The fourth-order valence-corrected chi connectivity index (χ4v) is 2.29. The molecule has 0 amide bonds. The van der Waals surface area contributed by atoms with E-state index < -0.39 is 0 Å². The summed E-state index contributed by atoms with van der Waals surface area (Å²) in [7, 11) is 0. The fourth-order valence-electron chi connectivity index (χ4n) is 2.29. The Bertz CT molecular complexity index is 525. The standard InChI is InChI=1S/C17H21N/c1-13(18-17(2,3)4)15-11-7-8-12-16(15)14-9-5-6-10-14/h5-9,11-12H,10H2,1-4H3/b18-13+. The molecule has 2 rings (SSSR count). The highest BCUT2D eigenvalue weighted by Crippen LogP contribution is 2.27. The Balaban J connectivity index is 2.43. The predicted molar refractivity (Wildman–Crippen MR) is 80.1 cm³/mol. The molecule has 0 aliphatic heterocycles. The first-order valence-corrected chi connectivity index (χ1v) is 6.49. The van der Waals surface area contributed by atoms with Crippen LogP contribution in [-0.4, -0.2) is 11.3 Å². The molecule has 94 valence electrons. The molecule has 0 atom stereocenters. The Morgan fingerprint density at radius 2 is 1.89 bits per heavy atom. The lowest BCUT2D eigenvalue weighted by Crippen LogP contribution is -2.14. The zero-order chi connectivity index (χ0) is 13.2. The van der Waals surface area contributed by atoms with Gasteiger partial charge < -0.3 is 0 Å². The van der Waals surface area contributed by atoms with E-state index in [1.165, 1.54) is 16.7 Å². The van der Waals surface area contributed by atoms with Gasteiger partial charge in [-0.1, -0.05) is 42.5 Å². The lowest BCUT2D eigenvalue weighted by atomic mass is 9.96. The molecule has 0 unspecified atom stereocenters. The summed E-state index contributed by atoms with van der Waals surface area (Å²) in [5.41, 5.74) is 5.04. The molecule has 0 aromatic heterocycles. The summed E-state index contributed by atoms with van der Waals surface area (Å²) in [6.07, 6.45) is 7.55. The molecule has 0 heterocycles. The number of nitrogens with zero attached hydrogens (tertiary/aromatic N) is 1. The van der Waals surface area contributed by atoms with Gasteiger partial charge in [-0.15, -0.1) is 0 Å². The Kier molecular flexibility index (Phi) is 3.51.